The molecule has 0 radical (unpaired) electrons. The molecule has 0 bridgehead atoms. The zero-order valence-electron chi connectivity index (χ0n) is 13.9. The van der Waals surface area contributed by atoms with Crippen LogP contribution in [0.15, 0.2) is 52.1 Å². The van der Waals surface area contributed by atoms with Crippen molar-refractivity contribution in [3.8, 4) is 0 Å². The topological polar surface area (TPSA) is 89.8 Å². The van der Waals surface area contributed by atoms with Crippen molar-refractivity contribution in [3.63, 3.8) is 0 Å². The number of nitrogens with zero attached hydrogens (tertiary/aromatic N) is 2. The number of fused-ring (bicyclic) bond motifs is 1. The summed E-state index contributed by atoms with van der Waals surface area (Å²) in [6, 6.07) is 8.33. The van der Waals surface area contributed by atoms with E-state index in [1.807, 2.05) is 5.38 Å². The lowest BCUT2D eigenvalue weighted by molar-refractivity contribution is -0.145. The second kappa shape index (κ2) is 8.39. The number of esters is 1. The first-order valence-electron chi connectivity index (χ1n) is 8.07. The second-order valence-electron chi connectivity index (χ2n) is 5.55. The first-order chi connectivity index (χ1) is 12.6. The monoisotopic (exact) mass is 371 g/mol. The zero-order chi connectivity index (χ0) is 18.4. The molecule has 3 rings (SSSR count). The molecule has 1 N–H and O–H groups in total. The lowest BCUT2D eigenvalue weighted by Crippen LogP contribution is -2.24. The smallest absolute Gasteiger partial charge is 0.306 e. The van der Waals surface area contributed by atoms with Crippen LogP contribution in [-0.2, 0) is 16.1 Å². The van der Waals surface area contributed by atoms with Gasteiger partial charge in [-0.15, -0.1) is 0 Å². The van der Waals surface area contributed by atoms with E-state index in [0.717, 1.165) is 0 Å². The number of carbonyl (C=O) groups is 2. The minimum Gasteiger partial charge on any atom is -0.459 e. The molecule has 0 saturated heterocycles. The van der Waals surface area contributed by atoms with E-state index in [9.17, 15) is 14.4 Å². The summed E-state index contributed by atoms with van der Waals surface area (Å²) in [7, 11) is 0. The molecule has 0 unspecified atom stereocenters. The Hall–Kier alpha value is -3.00. The first-order valence-corrected chi connectivity index (χ1v) is 9.01. The van der Waals surface area contributed by atoms with Crippen molar-refractivity contribution >= 4 is 28.9 Å². The lowest BCUT2D eigenvalue weighted by atomic mass is 10.3. The number of amides is 1. The highest BCUT2D eigenvalue weighted by molar-refractivity contribution is 7.08. The summed E-state index contributed by atoms with van der Waals surface area (Å²) in [5, 5.41) is 6.34. The SMILES string of the molecule is O=C(CCCNC(=O)c1ccsc1)OCc1cc(=O)n2ccccc2n1. The summed E-state index contributed by atoms with van der Waals surface area (Å²) in [6.07, 6.45) is 2.28. The van der Waals surface area contributed by atoms with Gasteiger partial charge in [0.1, 0.15) is 12.3 Å². The van der Waals surface area contributed by atoms with E-state index in [1.54, 1.807) is 35.8 Å². The van der Waals surface area contributed by atoms with Gasteiger partial charge in [0.05, 0.1) is 5.69 Å². The Kier molecular flexibility index (Phi) is 5.75. The fraction of sp³-hybridized carbons (Fsp3) is 0.222. The summed E-state index contributed by atoms with van der Waals surface area (Å²) in [6.45, 7) is 0.333. The summed E-state index contributed by atoms with van der Waals surface area (Å²) in [5.74, 6) is -0.551. The molecular weight excluding hydrogens is 354 g/mol. The zero-order valence-corrected chi connectivity index (χ0v) is 14.7. The van der Waals surface area contributed by atoms with Crippen LogP contribution < -0.4 is 10.9 Å². The van der Waals surface area contributed by atoms with Gasteiger partial charge in [0.15, 0.2) is 0 Å². The minimum absolute atomic E-state index is 0.0548. The molecule has 134 valence electrons. The third-order valence-electron chi connectivity index (χ3n) is 3.63. The van der Waals surface area contributed by atoms with Gasteiger partial charge in [0.25, 0.3) is 11.5 Å². The van der Waals surface area contributed by atoms with Crippen molar-refractivity contribution in [1.82, 2.24) is 14.7 Å². The molecule has 7 nitrogen and oxygen atoms in total. The van der Waals surface area contributed by atoms with Gasteiger partial charge in [-0.05, 0) is 30.0 Å². The third-order valence-corrected chi connectivity index (χ3v) is 4.31. The van der Waals surface area contributed by atoms with E-state index in [0.29, 0.717) is 29.9 Å². The summed E-state index contributed by atoms with van der Waals surface area (Å²) >= 11 is 1.45. The van der Waals surface area contributed by atoms with Gasteiger partial charge in [-0.25, -0.2) is 4.98 Å². The fourth-order valence-corrected chi connectivity index (χ4v) is 2.97. The lowest BCUT2D eigenvalue weighted by Gasteiger charge is -2.06. The third kappa shape index (κ3) is 4.54. The number of hydrogen-bond donors (Lipinski definition) is 1. The molecule has 3 heterocycles. The minimum atomic E-state index is -0.398. The molecule has 8 heteroatoms. The van der Waals surface area contributed by atoms with Crippen LogP contribution in [-0.4, -0.2) is 27.8 Å². The Labute approximate surface area is 153 Å². The summed E-state index contributed by atoms with van der Waals surface area (Å²) in [4.78, 5) is 39.8. The molecule has 0 aliphatic carbocycles. The molecule has 26 heavy (non-hydrogen) atoms. The summed E-state index contributed by atoms with van der Waals surface area (Å²) in [5.41, 5.74) is 1.30. The predicted octanol–water partition coefficient (Wildman–Crippen LogP) is 2.01. The van der Waals surface area contributed by atoms with E-state index in [1.165, 1.54) is 21.8 Å². The normalized spacial score (nSPS) is 10.6. The van der Waals surface area contributed by atoms with E-state index in [2.05, 4.69) is 10.3 Å². The van der Waals surface area contributed by atoms with Crippen molar-refractivity contribution in [3.05, 3.63) is 68.9 Å². The highest BCUT2D eigenvalue weighted by Crippen LogP contribution is 2.05. The maximum absolute atomic E-state index is 12.0. The Morgan fingerprint density at radius 3 is 2.96 bits per heavy atom. The number of aromatic nitrogens is 2. The second-order valence-corrected chi connectivity index (χ2v) is 6.33. The number of pyridine rings is 1. The standard InChI is InChI=1S/C18H17N3O4S/c22-16-10-14(20-15-4-1-2-8-21(15)16)11-25-17(23)5-3-7-19-18(24)13-6-9-26-12-13/h1-2,4,6,8-10,12H,3,5,7,11H2,(H,19,24). The highest BCUT2D eigenvalue weighted by Gasteiger charge is 2.08. The van der Waals surface area contributed by atoms with Crippen LogP contribution in [0.1, 0.15) is 28.9 Å². The Bertz CT molecular complexity index is 966. The van der Waals surface area contributed by atoms with Gasteiger partial charge in [-0.2, -0.15) is 11.3 Å². The number of hydrogen-bond acceptors (Lipinski definition) is 6. The molecule has 0 atom stereocenters. The Morgan fingerprint density at radius 1 is 1.27 bits per heavy atom. The molecule has 0 aliphatic heterocycles. The summed E-state index contributed by atoms with van der Waals surface area (Å²) < 4.78 is 6.57. The van der Waals surface area contributed by atoms with Gasteiger partial charge in [0.2, 0.25) is 0 Å². The van der Waals surface area contributed by atoms with Crippen molar-refractivity contribution in [2.24, 2.45) is 0 Å². The first kappa shape index (κ1) is 17.8. The van der Waals surface area contributed by atoms with Crippen molar-refractivity contribution in [2.75, 3.05) is 6.54 Å². The van der Waals surface area contributed by atoms with Crippen LogP contribution >= 0.6 is 11.3 Å². The van der Waals surface area contributed by atoms with Crippen molar-refractivity contribution in [1.29, 1.82) is 0 Å². The van der Waals surface area contributed by atoms with Crippen LogP contribution in [0.3, 0.4) is 0 Å². The Morgan fingerprint density at radius 2 is 2.15 bits per heavy atom. The van der Waals surface area contributed by atoms with Crippen LogP contribution in [0.2, 0.25) is 0 Å². The van der Waals surface area contributed by atoms with Gasteiger partial charge in [-0.1, -0.05) is 6.07 Å². The molecule has 0 fully saturated rings. The van der Waals surface area contributed by atoms with Gasteiger partial charge < -0.3 is 10.1 Å². The molecule has 3 aromatic rings. The Balaban J connectivity index is 1.43. The van der Waals surface area contributed by atoms with Crippen molar-refractivity contribution in [2.45, 2.75) is 19.4 Å². The van der Waals surface area contributed by atoms with E-state index >= 15 is 0 Å². The largest absolute Gasteiger partial charge is 0.459 e. The molecule has 3 aromatic heterocycles. The quantitative estimate of drug-likeness (QED) is 0.507. The number of carbonyl (C=O) groups excluding carboxylic acids is 2. The van der Waals surface area contributed by atoms with Crippen LogP contribution in [0.4, 0.5) is 0 Å². The maximum Gasteiger partial charge on any atom is 0.306 e. The average Bonchev–Trinajstić information content (AvgIpc) is 3.18. The molecular formula is C18H17N3O4S. The van der Waals surface area contributed by atoms with E-state index in [-0.39, 0.29) is 24.5 Å². The van der Waals surface area contributed by atoms with Gasteiger partial charge >= 0.3 is 5.97 Å². The van der Waals surface area contributed by atoms with Crippen LogP contribution in [0, 0.1) is 0 Å². The van der Waals surface area contributed by atoms with E-state index in [4.69, 9.17) is 4.74 Å². The molecule has 1 amide bonds. The fourth-order valence-electron chi connectivity index (χ4n) is 2.33. The number of thiophene rings is 1. The van der Waals surface area contributed by atoms with Gasteiger partial charge in [0, 0.05) is 36.2 Å². The van der Waals surface area contributed by atoms with Crippen LogP contribution in [0.5, 0.6) is 0 Å². The number of rotatable bonds is 7. The van der Waals surface area contributed by atoms with Crippen LogP contribution in [0.25, 0.3) is 5.65 Å². The van der Waals surface area contributed by atoms with Crippen molar-refractivity contribution < 1.29 is 14.3 Å². The average molecular weight is 371 g/mol. The van der Waals surface area contributed by atoms with E-state index < -0.39 is 5.97 Å². The molecule has 0 saturated carbocycles. The number of ether oxygens (including phenoxy) is 1. The maximum atomic E-state index is 12.0. The molecule has 0 spiro atoms. The molecule has 0 aliphatic rings. The number of nitrogens with one attached hydrogen (secondary N) is 1. The van der Waals surface area contributed by atoms with Gasteiger partial charge in [-0.3, -0.25) is 18.8 Å². The predicted molar refractivity (Wildman–Crippen MR) is 97.1 cm³/mol. The molecule has 0 aromatic carbocycles. The highest BCUT2D eigenvalue weighted by atomic mass is 32.1.